The Morgan fingerprint density at radius 1 is 0.875 bits per heavy atom. The average Bonchev–Trinajstić information content (AvgIpc) is 3.88. The molecule has 0 saturated carbocycles. The monoisotopic (exact) mass is 1050 g/mol. The largest absolute Gasteiger partial charge is 0.504 e. The maximum Gasteiger partial charge on any atom is 0.410 e. The number of carbonyl (C=O) groups excluding carboxylic acids is 7. The maximum atomic E-state index is 14.8. The van der Waals surface area contributed by atoms with E-state index in [1.165, 1.54) is 32.9 Å². The van der Waals surface area contributed by atoms with Gasteiger partial charge in [0.1, 0.15) is 36.8 Å². The molecule has 0 aromatic heterocycles. The summed E-state index contributed by atoms with van der Waals surface area (Å²) in [5, 5.41) is 119. The van der Waals surface area contributed by atoms with Crippen LogP contribution in [0.3, 0.4) is 0 Å². The molecule has 1 aromatic rings. The van der Waals surface area contributed by atoms with Crippen molar-refractivity contribution in [3.63, 3.8) is 0 Å². The first kappa shape index (κ1) is 59.1. The lowest BCUT2D eigenvalue weighted by Gasteiger charge is -2.35. The van der Waals surface area contributed by atoms with Crippen molar-refractivity contribution in [3.05, 3.63) is 36.4 Å². The zero-order chi connectivity index (χ0) is 53.6. The third-order valence-corrected chi connectivity index (χ3v) is 12.8. The van der Waals surface area contributed by atoms with Gasteiger partial charge in [-0.25, -0.2) is 10.1 Å². The van der Waals surface area contributed by atoms with Crippen LogP contribution >= 0.6 is 12.3 Å². The second-order valence-corrected chi connectivity index (χ2v) is 18.3. The molecule has 0 radical (unpaired) electrons. The molecular formula is C43H65N7O21S. The van der Waals surface area contributed by atoms with E-state index in [0.29, 0.717) is 0 Å². The maximum absolute atomic E-state index is 14.8. The molecule has 3 fully saturated rings. The molecule has 404 valence electrons. The molecule has 0 bridgehead atoms. The quantitative estimate of drug-likeness (QED) is 0.0228. The van der Waals surface area contributed by atoms with E-state index in [4.69, 9.17) is 14.2 Å². The number of hydrogen-bond donors (Lipinski definition) is 14. The second-order valence-electron chi connectivity index (χ2n) is 17.8. The Balaban J connectivity index is 1.86. The van der Waals surface area contributed by atoms with Crippen molar-refractivity contribution in [3.8, 4) is 11.5 Å². The lowest BCUT2D eigenvalue weighted by atomic mass is 9.98. The summed E-state index contributed by atoms with van der Waals surface area (Å²) in [6, 6.07) is -7.23. The zero-order valence-corrected chi connectivity index (χ0v) is 40.4. The molecule has 4 rings (SSSR count). The van der Waals surface area contributed by atoms with Crippen molar-refractivity contribution in [1.82, 2.24) is 36.0 Å². The van der Waals surface area contributed by atoms with Crippen LogP contribution in [-0.2, 0) is 49.3 Å². The van der Waals surface area contributed by atoms with Crippen LogP contribution in [0.4, 0.5) is 4.79 Å². The summed E-state index contributed by atoms with van der Waals surface area (Å²) in [5.41, 5.74) is 0.0977. The van der Waals surface area contributed by atoms with Gasteiger partial charge in [-0.15, -0.1) is 0 Å². The van der Waals surface area contributed by atoms with Crippen LogP contribution in [0.2, 0.25) is 0 Å². The summed E-state index contributed by atoms with van der Waals surface area (Å²) in [5.74, 6) is -9.42. The molecule has 1 unspecified atom stereocenters. The van der Waals surface area contributed by atoms with Gasteiger partial charge in [-0.1, -0.05) is 41.9 Å². The predicted octanol–water partition coefficient (Wildman–Crippen LogP) is -5.09. The van der Waals surface area contributed by atoms with Crippen LogP contribution in [0, 0.1) is 11.8 Å². The molecule has 7 amide bonds. The van der Waals surface area contributed by atoms with Gasteiger partial charge in [-0.2, -0.15) is 0 Å². The smallest absolute Gasteiger partial charge is 0.410 e. The van der Waals surface area contributed by atoms with Crippen LogP contribution in [-0.4, -0.2) is 226 Å². The van der Waals surface area contributed by atoms with E-state index >= 15 is 0 Å². The number of aliphatic hydroxyl groups excluding tert-OH is 8. The highest BCUT2D eigenvalue weighted by atomic mass is 32.2. The Kier molecular flexibility index (Phi) is 22.6. The second kappa shape index (κ2) is 27.6. The van der Waals surface area contributed by atoms with Crippen LogP contribution in [0.25, 0.3) is 0 Å². The van der Waals surface area contributed by atoms with Gasteiger partial charge in [0.2, 0.25) is 35.4 Å². The SMILES string of the molecule is C=CCOC(=O)N(CC[C@@H](O)[C@@H]1NC(=O)[C@H]([C@H](O)Cc2ccc(O)c(OSOOO)c2)NC(=O)[C@@H]2C[C@@H](O)CN2C(=O)[C@H]([C@@H](C)O)NC(=O)C(C)C[C@@H](O)CNC(=O)[C@@H]2[C@@H](O)[C@@H](C)CN2C1=O)C(CO)CO. The average molecular weight is 1050 g/mol. The van der Waals surface area contributed by atoms with E-state index in [1.807, 2.05) is 0 Å². The van der Waals surface area contributed by atoms with Crippen molar-refractivity contribution >= 4 is 53.9 Å². The number of phenolic OH excluding ortho intramolecular Hbond substituents is 1. The topological polar surface area (TPSA) is 417 Å². The number of amides is 7. The van der Waals surface area contributed by atoms with E-state index in [9.17, 15) is 79.5 Å². The van der Waals surface area contributed by atoms with Crippen molar-refractivity contribution in [1.29, 1.82) is 0 Å². The van der Waals surface area contributed by atoms with Gasteiger partial charge >= 0.3 is 6.09 Å². The molecule has 1 aromatic carbocycles. The number of carbonyl (C=O) groups is 7. The molecule has 0 aliphatic carbocycles. The first-order valence-corrected chi connectivity index (χ1v) is 23.5. The van der Waals surface area contributed by atoms with Crippen LogP contribution in [0.1, 0.15) is 45.6 Å². The van der Waals surface area contributed by atoms with E-state index in [0.717, 1.165) is 26.8 Å². The number of aromatic hydroxyl groups is 1. The van der Waals surface area contributed by atoms with Gasteiger partial charge in [0, 0.05) is 50.9 Å². The number of aliphatic hydroxyl groups is 8. The number of ether oxygens (including phenoxy) is 1. The summed E-state index contributed by atoms with van der Waals surface area (Å²) < 4.78 is 14.4. The van der Waals surface area contributed by atoms with Gasteiger partial charge in [0.15, 0.2) is 11.5 Å². The normalized spacial score (nSPS) is 28.3. The molecule has 29 heteroatoms. The third-order valence-electron chi connectivity index (χ3n) is 12.4. The molecule has 3 aliphatic rings. The number of β-amino-alcohol motifs (C(OH)–C–C–N with tert-alkyl or cyclic N) is 1. The number of rotatable bonds is 17. The molecule has 72 heavy (non-hydrogen) atoms. The number of nitrogens with zero attached hydrogens (tertiary/aromatic N) is 3. The van der Waals surface area contributed by atoms with E-state index in [1.54, 1.807) is 0 Å². The Hall–Kier alpha value is -5.44. The van der Waals surface area contributed by atoms with Crippen molar-refractivity contribution < 1.29 is 103 Å². The lowest BCUT2D eigenvalue weighted by Crippen LogP contribution is -2.64. The fraction of sp³-hybridized carbons (Fsp3) is 0.651. The number of hydrogen-bond acceptors (Lipinski definition) is 22. The Bertz CT molecular complexity index is 2050. The molecule has 14 N–H and O–H groups in total. The summed E-state index contributed by atoms with van der Waals surface area (Å²) in [4.78, 5) is 101. The first-order valence-electron chi connectivity index (χ1n) is 22.9. The van der Waals surface area contributed by atoms with Crippen LogP contribution in [0.5, 0.6) is 11.5 Å². The Morgan fingerprint density at radius 2 is 1.53 bits per heavy atom. The van der Waals surface area contributed by atoms with Gasteiger partial charge in [-0.05, 0) is 37.5 Å². The van der Waals surface area contributed by atoms with Crippen molar-refractivity contribution in [2.45, 2.75) is 119 Å². The van der Waals surface area contributed by atoms with E-state index < -0.39 is 184 Å². The standard InChI is InChI=1S/C43H65N7O21S/c1-5-10-68-43(66)48(24(18-51)19-52)9-8-29(57)34-42(65)50-16-21(3)36(59)35(50)40(63)44-15-25(54)11-20(2)37(60)45-32(22(4)53)41(64)49-17-26(55)14-27(49)38(61)46-33(39(62)47-34)30(58)12-23-6-7-28(56)31(13-23)69-72-71-70-67/h5-7,13,20-22,24-27,29-30,32-36,51-59,67H,1,8-12,14-19H2,2-4H3,(H,44,63)(H,45,60)(H,46,61)(H,47,62)/t20?,21-,22+,25+,26+,27-,29+,30+,32-,33-,34-,35-,36-/m0/s1. The summed E-state index contributed by atoms with van der Waals surface area (Å²) >= 11 is 0.0613. The summed E-state index contributed by atoms with van der Waals surface area (Å²) in [6.45, 7) is 3.60. The fourth-order valence-corrected chi connectivity index (χ4v) is 8.73. The molecule has 3 aliphatic heterocycles. The van der Waals surface area contributed by atoms with Crippen LogP contribution < -0.4 is 25.5 Å². The minimum atomic E-state index is -2.17. The zero-order valence-electron chi connectivity index (χ0n) is 39.6. The highest BCUT2D eigenvalue weighted by Gasteiger charge is 2.50. The number of nitrogens with one attached hydrogen (secondary N) is 4. The molecule has 3 saturated heterocycles. The third kappa shape index (κ3) is 15.3. The molecule has 13 atom stereocenters. The van der Waals surface area contributed by atoms with Gasteiger partial charge < -0.3 is 90.8 Å². The van der Waals surface area contributed by atoms with Gasteiger partial charge in [0.05, 0.1) is 55.9 Å². The van der Waals surface area contributed by atoms with Gasteiger partial charge in [-0.3, -0.25) is 28.8 Å². The highest BCUT2D eigenvalue weighted by molar-refractivity contribution is 7.90. The van der Waals surface area contributed by atoms with Crippen molar-refractivity contribution in [2.75, 3.05) is 46.0 Å². The Labute approximate surface area is 417 Å². The van der Waals surface area contributed by atoms with E-state index in [2.05, 4.69) is 37.2 Å². The first-order chi connectivity index (χ1) is 34.1. The number of benzene rings is 1. The molecule has 3 heterocycles. The minimum absolute atomic E-state index is 0.0613. The summed E-state index contributed by atoms with van der Waals surface area (Å²) in [7, 11) is 0. The molecule has 28 nitrogen and oxygen atoms in total. The fourth-order valence-electron chi connectivity index (χ4n) is 8.47. The predicted molar refractivity (Wildman–Crippen MR) is 245 cm³/mol. The molecular weight excluding hydrogens is 983 g/mol. The highest BCUT2D eigenvalue weighted by Crippen LogP contribution is 2.31. The number of phenols is 1. The van der Waals surface area contributed by atoms with Crippen molar-refractivity contribution in [2.24, 2.45) is 11.8 Å². The van der Waals surface area contributed by atoms with Crippen LogP contribution in [0.15, 0.2) is 30.9 Å². The Morgan fingerprint density at radius 3 is 2.17 bits per heavy atom. The number of fused-ring (bicyclic) bond motifs is 2. The molecule has 0 spiro atoms. The van der Waals surface area contributed by atoms with E-state index in [-0.39, 0.29) is 43.2 Å². The summed E-state index contributed by atoms with van der Waals surface area (Å²) in [6.07, 6.45) is -12.0. The minimum Gasteiger partial charge on any atom is -0.504 e. The van der Waals surface area contributed by atoms with Gasteiger partial charge in [0.25, 0.3) is 12.3 Å². The lowest BCUT2D eigenvalue weighted by molar-refractivity contribution is -0.433.